The zero-order valence-electron chi connectivity index (χ0n) is 16.8. The predicted octanol–water partition coefficient (Wildman–Crippen LogP) is 2.16. The van der Waals surface area contributed by atoms with Crippen LogP contribution in [0.1, 0.15) is 28.1 Å². The molecular formula is C21H27N3O4S2. The van der Waals surface area contributed by atoms with Gasteiger partial charge in [-0.15, -0.1) is 11.3 Å². The molecule has 9 heteroatoms. The van der Waals surface area contributed by atoms with Crippen LogP contribution in [-0.2, 0) is 21.3 Å². The Hall–Kier alpha value is -1.78. The van der Waals surface area contributed by atoms with Gasteiger partial charge in [0.05, 0.1) is 11.0 Å². The topological polar surface area (TPSA) is 78.9 Å². The minimum Gasteiger partial charge on any atom is -0.377 e. The van der Waals surface area contributed by atoms with Gasteiger partial charge in [0.2, 0.25) is 10.0 Å². The molecule has 0 radical (unpaired) electrons. The fourth-order valence-electron chi connectivity index (χ4n) is 3.78. The third kappa shape index (κ3) is 5.28. The molecule has 2 aliphatic heterocycles. The minimum absolute atomic E-state index is 0.0537. The lowest BCUT2D eigenvalue weighted by atomic mass is 10.2. The van der Waals surface area contributed by atoms with Crippen LogP contribution < -0.4 is 4.72 Å². The molecule has 162 valence electrons. The Bertz CT molecular complexity index is 931. The number of carbonyl (C=O) groups excluding carboxylic acids is 1. The third-order valence-corrected chi connectivity index (χ3v) is 7.86. The molecule has 4 rings (SSSR count). The maximum atomic E-state index is 12.8. The predicted molar refractivity (Wildman–Crippen MR) is 116 cm³/mol. The first-order valence-corrected chi connectivity index (χ1v) is 12.6. The molecule has 0 spiro atoms. The number of piperazine rings is 1. The third-order valence-electron chi connectivity index (χ3n) is 5.56. The summed E-state index contributed by atoms with van der Waals surface area (Å²) in [4.78, 5) is 18.5. The average molecular weight is 450 g/mol. The summed E-state index contributed by atoms with van der Waals surface area (Å²) in [6.45, 7) is 4.91. The van der Waals surface area contributed by atoms with Crippen LogP contribution in [0, 0.1) is 0 Å². The lowest BCUT2D eigenvalue weighted by molar-refractivity contribution is 0.0629. The standard InChI is InChI=1S/C21H27N3O4S2/c25-21(24-11-9-23(10-12-24)16-19-4-2-14-29-19)17-5-7-20(8-6-17)30(26,27)22-15-18-3-1-13-28-18/h2,4-8,14,18,22H,1,3,9-13,15-16H2. The molecule has 0 bridgehead atoms. The van der Waals surface area contributed by atoms with Crippen LogP contribution in [0.2, 0.25) is 0 Å². The number of nitrogens with zero attached hydrogens (tertiary/aromatic N) is 2. The summed E-state index contributed by atoms with van der Waals surface area (Å²) >= 11 is 1.75. The number of rotatable bonds is 7. The zero-order chi connectivity index (χ0) is 21.0. The fourth-order valence-corrected chi connectivity index (χ4v) is 5.60. The molecule has 1 amide bonds. The van der Waals surface area contributed by atoms with Crippen LogP contribution in [-0.4, -0.2) is 69.6 Å². The second-order valence-corrected chi connectivity index (χ2v) is 10.5. The Kier molecular flexibility index (Phi) is 6.84. The van der Waals surface area contributed by atoms with Crippen molar-refractivity contribution in [3.05, 3.63) is 52.2 Å². The van der Waals surface area contributed by atoms with Gasteiger partial charge in [-0.05, 0) is 48.6 Å². The number of nitrogens with one attached hydrogen (secondary N) is 1. The smallest absolute Gasteiger partial charge is 0.253 e. The van der Waals surface area contributed by atoms with Crippen molar-refractivity contribution in [3.63, 3.8) is 0 Å². The maximum absolute atomic E-state index is 12.8. The quantitative estimate of drug-likeness (QED) is 0.701. The SMILES string of the molecule is O=C(c1ccc(S(=O)(=O)NCC2CCCO2)cc1)N1CCN(Cc2cccs2)CC1. The number of ether oxygens (including phenoxy) is 1. The molecular weight excluding hydrogens is 422 g/mol. The monoisotopic (exact) mass is 449 g/mol. The van der Waals surface area contributed by atoms with E-state index in [0.717, 1.165) is 32.5 Å². The Morgan fingerprint density at radius 1 is 1.13 bits per heavy atom. The molecule has 0 aliphatic carbocycles. The van der Waals surface area contributed by atoms with Crippen molar-refractivity contribution < 1.29 is 17.9 Å². The fraction of sp³-hybridized carbons (Fsp3) is 0.476. The van der Waals surface area contributed by atoms with Crippen LogP contribution in [0.5, 0.6) is 0 Å². The first-order chi connectivity index (χ1) is 14.5. The summed E-state index contributed by atoms with van der Waals surface area (Å²) in [5.41, 5.74) is 0.514. The van der Waals surface area contributed by atoms with Gasteiger partial charge < -0.3 is 9.64 Å². The number of benzene rings is 1. The molecule has 1 N–H and O–H groups in total. The zero-order valence-corrected chi connectivity index (χ0v) is 18.5. The molecule has 1 atom stereocenters. The maximum Gasteiger partial charge on any atom is 0.253 e. The molecule has 7 nitrogen and oxygen atoms in total. The number of thiophene rings is 1. The van der Waals surface area contributed by atoms with Crippen molar-refractivity contribution in [1.29, 1.82) is 0 Å². The van der Waals surface area contributed by atoms with Crippen LogP contribution in [0.3, 0.4) is 0 Å². The van der Waals surface area contributed by atoms with E-state index in [2.05, 4.69) is 27.1 Å². The first-order valence-electron chi connectivity index (χ1n) is 10.3. The van der Waals surface area contributed by atoms with Crippen molar-refractivity contribution >= 4 is 27.3 Å². The van der Waals surface area contributed by atoms with E-state index in [1.807, 2.05) is 4.90 Å². The van der Waals surface area contributed by atoms with E-state index in [1.165, 1.54) is 17.0 Å². The molecule has 0 saturated carbocycles. The minimum atomic E-state index is -3.61. The number of sulfonamides is 1. The van der Waals surface area contributed by atoms with E-state index < -0.39 is 10.0 Å². The molecule has 3 heterocycles. The van der Waals surface area contributed by atoms with E-state index >= 15 is 0 Å². The van der Waals surface area contributed by atoms with Gasteiger partial charge in [0.1, 0.15) is 0 Å². The summed E-state index contributed by atoms with van der Waals surface area (Å²) in [7, 11) is -3.61. The summed E-state index contributed by atoms with van der Waals surface area (Å²) in [5.74, 6) is -0.0537. The van der Waals surface area contributed by atoms with Crippen molar-refractivity contribution in [2.75, 3.05) is 39.3 Å². The van der Waals surface area contributed by atoms with Crippen molar-refractivity contribution in [1.82, 2.24) is 14.5 Å². The molecule has 1 aromatic carbocycles. The molecule has 30 heavy (non-hydrogen) atoms. The number of hydrogen-bond donors (Lipinski definition) is 1. The van der Waals surface area contributed by atoms with E-state index in [1.54, 1.807) is 23.5 Å². The summed E-state index contributed by atoms with van der Waals surface area (Å²) in [5, 5.41) is 2.08. The average Bonchev–Trinajstić information content (AvgIpc) is 3.47. The van der Waals surface area contributed by atoms with E-state index in [0.29, 0.717) is 25.3 Å². The molecule has 2 aliphatic rings. The molecule has 2 aromatic rings. The van der Waals surface area contributed by atoms with Crippen LogP contribution in [0.15, 0.2) is 46.7 Å². The van der Waals surface area contributed by atoms with Crippen LogP contribution in [0.4, 0.5) is 0 Å². The highest BCUT2D eigenvalue weighted by molar-refractivity contribution is 7.89. The molecule has 2 fully saturated rings. The van der Waals surface area contributed by atoms with Crippen molar-refractivity contribution in [3.8, 4) is 0 Å². The Morgan fingerprint density at radius 3 is 2.53 bits per heavy atom. The Morgan fingerprint density at radius 2 is 1.90 bits per heavy atom. The van der Waals surface area contributed by atoms with Gasteiger partial charge in [-0.25, -0.2) is 13.1 Å². The largest absolute Gasteiger partial charge is 0.377 e. The second kappa shape index (κ2) is 9.57. The van der Waals surface area contributed by atoms with Gasteiger partial charge in [-0.1, -0.05) is 6.07 Å². The highest BCUT2D eigenvalue weighted by Gasteiger charge is 2.24. The summed E-state index contributed by atoms with van der Waals surface area (Å²) < 4.78 is 33.0. The number of hydrogen-bond acceptors (Lipinski definition) is 6. The molecule has 1 unspecified atom stereocenters. The van der Waals surface area contributed by atoms with Crippen LogP contribution >= 0.6 is 11.3 Å². The van der Waals surface area contributed by atoms with Gasteiger partial charge in [-0.2, -0.15) is 0 Å². The molecule has 1 aromatic heterocycles. The van der Waals surface area contributed by atoms with Gasteiger partial charge in [0.15, 0.2) is 0 Å². The van der Waals surface area contributed by atoms with Gasteiger partial charge in [-0.3, -0.25) is 9.69 Å². The molecule has 2 saturated heterocycles. The number of carbonyl (C=O) groups is 1. The highest BCUT2D eigenvalue weighted by Crippen LogP contribution is 2.17. The van der Waals surface area contributed by atoms with Gasteiger partial charge in [0.25, 0.3) is 5.91 Å². The second-order valence-electron chi connectivity index (χ2n) is 7.66. The summed E-state index contributed by atoms with van der Waals surface area (Å²) in [6, 6.07) is 10.4. The van der Waals surface area contributed by atoms with E-state index in [4.69, 9.17) is 4.74 Å². The Labute approximate surface area is 181 Å². The summed E-state index contributed by atoms with van der Waals surface area (Å²) in [6.07, 6.45) is 1.78. The lowest BCUT2D eigenvalue weighted by Gasteiger charge is -2.34. The van der Waals surface area contributed by atoms with E-state index in [9.17, 15) is 13.2 Å². The van der Waals surface area contributed by atoms with Gasteiger partial charge in [0, 0.05) is 56.3 Å². The van der Waals surface area contributed by atoms with Crippen molar-refractivity contribution in [2.45, 2.75) is 30.4 Å². The van der Waals surface area contributed by atoms with Crippen LogP contribution in [0.25, 0.3) is 0 Å². The normalized spacial score (nSPS) is 20.5. The first kappa shape index (κ1) is 21.5. The van der Waals surface area contributed by atoms with E-state index in [-0.39, 0.29) is 23.5 Å². The van der Waals surface area contributed by atoms with Gasteiger partial charge >= 0.3 is 0 Å². The van der Waals surface area contributed by atoms with Crippen molar-refractivity contribution in [2.24, 2.45) is 0 Å². The lowest BCUT2D eigenvalue weighted by Crippen LogP contribution is -2.48. The highest BCUT2D eigenvalue weighted by atomic mass is 32.2. The Balaban J connectivity index is 1.30. The number of amides is 1.